The Kier molecular flexibility index (Phi) is 3.50. The van der Waals surface area contributed by atoms with Gasteiger partial charge < -0.3 is 10.3 Å². The van der Waals surface area contributed by atoms with Gasteiger partial charge in [0.1, 0.15) is 0 Å². The molecule has 0 spiro atoms. The third kappa shape index (κ3) is 2.51. The van der Waals surface area contributed by atoms with Gasteiger partial charge in [-0.05, 0) is 31.9 Å². The average molecular weight is 212 g/mol. The van der Waals surface area contributed by atoms with E-state index in [1.165, 1.54) is 25.0 Å². The van der Waals surface area contributed by atoms with E-state index in [9.17, 15) is 0 Å². The highest BCUT2D eigenvalue weighted by atomic mass is 32.2. The number of fused-ring (bicyclic) bond motifs is 2. The van der Waals surface area contributed by atoms with Gasteiger partial charge in [0, 0.05) is 29.6 Å². The molecule has 4 unspecified atom stereocenters. The molecule has 2 bridgehead atoms. The molecule has 2 aliphatic heterocycles. The second-order valence-corrected chi connectivity index (χ2v) is 6.07. The summed E-state index contributed by atoms with van der Waals surface area (Å²) in [5, 5.41) is 4.69. The Morgan fingerprint density at radius 1 is 1.57 bits per heavy atom. The Bertz CT molecular complexity index is 195. The third-order valence-electron chi connectivity index (χ3n) is 3.23. The van der Waals surface area contributed by atoms with Crippen molar-refractivity contribution in [2.24, 2.45) is 10.9 Å². The van der Waals surface area contributed by atoms with Crippen LogP contribution in [0.2, 0.25) is 0 Å². The summed E-state index contributed by atoms with van der Waals surface area (Å²) in [5.74, 6) is 2.02. The van der Waals surface area contributed by atoms with Crippen molar-refractivity contribution in [2.75, 3.05) is 12.3 Å². The summed E-state index contributed by atoms with van der Waals surface area (Å²) in [5.41, 5.74) is 0. The number of aliphatic imine (C=N–C) groups is 1. The highest BCUT2D eigenvalue weighted by molar-refractivity contribution is 8.00. The van der Waals surface area contributed by atoms with Crippen LogP contribution in [0.15, 0.2) is 4.99 Å². The largest absolute Gasteiger partial charge is 0.310 e. The summed E-state index contributed by atoms with van der Waals surface area (Å²) >= 11 is 2.16. The molecular weight excluding hydrogens is 192 g/mol. The van der Waals surface area contributed by atoms with Gasteiger partial charge >= 0.3 is 0 Å². The summed E-state index contributed by atoms with van der Waals surface area (Å²) in [6, 6.07) is 1.54. The van der Waals surface area contributed by atoms with Crippen molar-refractivity contribution < 1.29 is 0 Å². The Morgan fingerprint density at radius 2 is 2.43 bits per heavy atom. The molecule has 1 N–H and O–H groups in total. The molecular formula is C11H20N2S. The summed E-state index contributed by atoms with van der Waals surface area (Å²) in [7, 11) is 0. The van der Waals surface area contributed by atoms with Crippen molar-refractivity contribution >= 4 is 18.5 Å². The molecule has 0 saturated carbocycles. The van der Waals surface area contributed by atoms with E-state index < -0.39 is 0 Å². The number of thioether (sulfide) groups is 1. The Morgan fingerprint density at radius 3 is 3.14 bits per heavy atom. The molecule has 14 heavy (non-hydrogen) atoms. The SMILES string of the molecule is C=NCC(C)CC1CC2CC(CS2)N1. The molecule has 80 valence electrons. The van der Waals surface area contributed by atoms with Crippen molar-refractivity contribution in [1.82, 2.24) is 5.32 Å². The van der Waals surface area contributed by atoms with E-state index >= 15 is 0 Å². The predicted molar refractivity (Wildman–Crippen MR) is 64.4 cm³/mol. The fourth-order valence-corrected chi connectivity index (χ4v) is 4.12. The molecule has 4 atom stereocenters. The predicted octanol–water partition coefficient (Wildman–Crippen LogP) is 1.95. The topological polar surface area (TPSA) is 24.4 Å². The lowest BCUT2D eigenvalue weighted by Crippen LogP contribution is -2.44. The van der Waals surface area contributed by atoms with Crippen LogP contribution in [0.4, 0.5) is 0 Å². The van der Waals surface area contributed by atoms with E-state index in [0.29, 0.717) is 5.92 Å². The average Bonchev–Trinajstić information content (AvgIpc) is 2.46. The van der Waals surface area contributed by atoms with Gasteiger partial charge in [0.15, 0.2) is 0 Å². The summed E-state index contributed by atoms with van der Waals surface area (Å²) < 4.78 is 0. The summed E-state index contributed by atoms with van der Waals surface area (Å²) in [6.45, 7) is 6.76. The highest BCUT2D eigenvalue weighted by Crippen LogP contribution is 2.35. The van der Waals surface area contributed by atoms with Crippen LogP contribution in [-0.2, 0) is 0 Å². The molecule has 0 radical (unpaired) electrons. The molecule has 0 amide bonds. The van der Waals surface area contributed by atoms with Crippen LogP contribution in [0, 0.1) is 5.92 Å². The van der Waals surface area contributed by atoms with E-state index in [4.69, 9.17) is 0 Å². The minimum absolute atomic E-state index is 0.688. The highest BCUT2D eigenvalue weighted by Gasteiger charge is 2.34. The first-order valence-corrected chi connectivity index (χ1v) is 6.63. The van der Waals surface area contributed by atoms with Gasteiger partial charge in [-0.15, -0.1) is 0 Å². The van der Waals surface area contributed by atoms with Crippen LogP contribution in [0.1, 0.15) is 26.2 Å². The van der Waals surface area contributed by atoms with Crippen LogP contribution in [-0.4, -0.2) is 36.3 Å². The van der Waals surface area contributed by atoms with E-state index in [1.54, 1.807) is 0 Å². The molecule has 2 aliphatic rings. The van der Waals surface area contributed by atoms with Gasteiger partial charge in [0.05, 0.1) is 0 Å². The smallest absolute Gasteiger partial charge is 0.0408 e. The zero-order chi connectivity index (χ0) is 9.97. The normalized spacial score (nSPS) is 38.2. The monoisotopic (exact) mass is 212 g/mol. The number of hydrogen-bond acceptors (Lipinski definition) is 3. The molecule has 0 aromatic rings. The first-order valence-electron chi connectivity index (χ1n) is 5.58. The summed E-state index contributed by atoms with van der Waals surface area (Å²) in [4.78, 5) is 3.97. The van der Waals surface area contributed by atoms with E-state index in [-0.39, 0.29) is 0 Å². The molecule has 0 aliphatic carbocycles. The quantitative estimate of drug-likeness (QED) is 0.720. The minimum Gasteiger partial charge on any atom is -0.310 e. The lowest BCUT2D eigenvalue weighted by atomic mass is 9.92. The van der Waals surface area contributed by atoms with Gasteiger partial charge in [-0.1, -0.05) is 6.92 Å². The second-order valence-electron chi connectivity index (χ2n) is 4.73. The molecule has 2 saturated heterocycles. The lowest BCUT2D eigenvalue weighted by Gasteiger charge is -2.30. The Balaban J connectivity index is 1.78. The fraction of sp³-hybridized carbons (Fsp3) is 0.909. The van der Waals surface area contributed by atoms with Crippen molar-refractivity contribution in [1.29, 1.82) is 0 Å². The number of hydrogen-bond donors (Lipinski definition) is 1. The van der Waals surface area contributed by atoms with Crippen LogP contribution in [0.3, 0.4) is 0 Å². The number of rotatable bonds is 4. The van der Waals surface area contributed by atoms with Crippen molar-refractivity contribution in [3.63, 3.8) is 0 Å². The second kappa shape index (κ2) is 4.67. The lowest BCUT2D eigenvalue weighted by molar-refractivity contribution is 0.314. The number of nitrogens with one attached hydrogen (secondary N) is 1. The van der Waals surface area contributed by atoms with Crippen LogP contribution in [0.5, 0.6) is 0 Å². The van der Waals surface area contributed by atoms with Crippen molar-refractivity contribution in [2.45, 2.75) is 43.5 Å². The molecule has 2 fully saturated rings. The van der Waals surface area contributed by atoms with Gasteiger partial charge in [-0.25, -0.2) is 0 Å². The maximum atomic E-state index is 3.97. The van der Waals surface area contributed by atoms with E-state index in [2.05, 4.69) is 35.7 Å². The van der Waals surface area contributed by atoms with Gasteiger partial charge in [0.25, 0.3) is 0 Å². The van der Waals surface area contributed by atoms with Crippen molar-refractivity contribution in [3.8, 4) is 0 Å². The van der Waals surface area contributed by atoms with Gasteiger partial charge in [-0.3, -0.25) is 0 Å². The first-order chi connectivity index (χ1) is 6.78. The summed E-state index contributed by atoms with van der Waals surface area (Å²) in [6.07, 6.45) is 4.03. The number of piperidine rings is 1. The van der Waals surface area contributed by atoms with E-state index in [1.807, 2.05) is 0 Å². The van der Waals surface area contributed by atoms with Crippen LogP contribution in [0.25, 0.3) is 0 Å². The standard InChI is InChI=1S/C11H20N2S/c1-8(6-12-2)3-9-4-11-5-10(13-9)7-14-11/h8-11,13H,2-7H2,1H3. The van der Waals surface area contributed by atoms with E-state index in [0.717, 1.165) is 23.9 Å². The molecule has 2 heterocycles. The fourth-order valence-electron chi connectivity index (χ4n) is 2.65. The van der Waals surface area contributed by atoms with Crippen LogP contribution < -0.4 is 5.32 Å². The zero-order valence-corrected chi connectivity index (χ0v) is 9.72. The minimum atomic E-state index is 0.688. The van der Waals surface area contributed by atoms with Gasteiger partial charge in [0.2, 0.25) is 0 Å². The Labute approximate surface area is 90.9 Å². The number of nitrogens with zero attached hydrogens (tertiary/aromatic N) is 1. The molecule has 0 aromatic heterocycles. The third-order valence-corrected chi connectivity index (χ3v) is 4.68. The zero-order valence-electron chi connectivity index (χ0n) is 8.91. The maximum Gasteiger partial charge on any atom is 0.0408 e. The molecule has 0 aromatic carbocycles. The van der Waals surface area contributed by atoms with Crippen LogP contribution >= 0.6 is 11.8 Å². The molecule has 2 nitrogen and oxygen atoms in total. The Hall–Kier alpha value is -0.0200. The van der Waals surface area contributed by atoms with Gasteiger partial charge in [-0.2, -0.15) is 11.8 Å². The van der Waals surface area contributed by atoms with Crippen molar-refractivity contribution in [3.05, 3.63) is 0 Å². The molecule has 2 rings (SSSR count). The maximum absolute atomic E-state index is 3.97. The first kappa shape index (κ1) is 10.5. The molecule has 3 heteroatoms.